The number of piperazine rings is 1. The molecule has 27 heavy (non-hydrogen) atoms. The van der Waals surface area contributed by atoms with Crippen LogP contribution in [0.15, 0.2) is 48.9 Å². The summed E-state index contributed by atoms with van der Waals surface area (Å²) in [5.74, 6) is 0.417. The first-order chi connectivity index (χ1) is 13.0. The van der Waals surface area contributed by atoms with Gasteiger partial charge in [0.2, 0.25) is 5.91 Å². The fourth-order valence-corrected chi connectivity index (χ4v) is 3.02. The number of hydrogen-bond donors (Lipinski definition) is 0. The van der Waals surface area contributed by atoms with Crippen molar-refractivity contribution in [3.8, 4) is 11.5 Å². The van der Waals surface area contributed by atoms with Gasteiger partial charge >= 0.3 is 0 Å². The van der Waals surface area contributed by atoms with Gasteiger partial charge in [-0.25, -0.2) is 4.68 Å². The summed E-state index contributed by atoms with van der Waals surface area (Å²) in [6, 6.07) is 9.37. The second kappa shape index (κ2) is 6.71. The Labute approximate surface area is 156 Å². The molecule has 1 saturated heterocycles. The summed E-state index contributed by atoms with van der Waals surface area (Å²) in [5, 5.41) is 4.52. The van der Waals surface area contributed by atoms with E-state index in [9.17, 15) is 9.59 Å². The van der Waals surface area contributed by atoms with Crippen molar-refractivity contribution in [3.63, 3.8) is 0 Å². The highest BCUT2D eigenvalue weighted by atomic mass is 16.2. The molecule has 0 aromatic carbocycles. The van der Waals surface area contributed by atoms with Gasteiger partial charge < -0.3 is 14.4 Å². The third kappa shape index (κ3) is 3.21. The second-order valence-electron chi connectivity index (χ2n) is 6.59. The van der Waals surface area contributed by atoms with Gasteiger partial charge in [-0.2, -0.15) is 5.10 Å². The molecule has 3 aromatic rings. The molecule has 4 rings (SSSR count). The van der Waals surface area contributed by atoms with Crippen LogP contribution in [-0.4, -0.2) is 67.6 Å². The standard InChI is InChI=1S/C19H20N6O2/c1-14-5-6-15(12-20-14)25-17(23-7-3-4-8-23)11-16(21-25)19(27)24-10-9-22(2)18(26)13-24/h3-8,11-12H,9-10,13H2,1-2H3. The van der Waals surface area contributed by atoms with E-state index in [1.165, 1.54) is 0 Å². The van der Waals surface area contributed by atoms with Gasteiger partial charge in [0, 0.05) is 44.3 Å². The summed E-state index contributed by atoms with van der Waals surface area (Å²) in [4.78, 5) is 32.4. The molecule has 2 amide bonds. The summed E-state index contributed by atoms with van der Waals surface area (Å²) in [6.45, 7) is 3.02. The van der Waals surface area contributed by atoms with Crippen molar-refractivity contribution in [2.75, 3.05) is 26.7 Å². The minimum absolute atomic E-state index is 0.0672. The molecule has 4 heterocycles. The Morgan fingerprint density at radius 3 is 2.59 bits per heavy atom. The van der Waals surface area contributed by atoms with Gasteiger partial charge in [0.1, 0.15) is 12.4 Å². The number of likely N-dealkylation sites (N-methyl/N-ethyl adjacent to an activating group) is 1. The fraction of sp³-hybridized carbons (Fsp3) is 0.263. The predicted molar refractivity (Wildman–Crippen MR) is 99.0 cm³/mol. The molecule has 0 bridgehead atoms. The second-order valence-corrected chi connectivity index (χ2v) is 6.59. The molecule has 0 N–H and O–H groups in total. The van der Waals surface area contributed by atoms with E-state index >= 15 is 0 Å². The van der Waals surface area contributed by atoms with Gasteiger partial charge in [-0.1, -0.05) is 0 Å². The lowest BCUT2D eigenvalue weighted by Gasteiger charge is -2.31. The lowest BCUT2D eigenvalue weighted by Crippen LogP contribution is -2.50. The Bertz CT molecular complexity index is 974. The quantitative estimate of drug-likeness (QED) is 0.702. The van der Waals surface area contributed by atoms with Gasteiger partial charge in [-0.05, 0) is 31.2 Å². The van der Waals surface area contributed by atoms with Crippen molar-refractivity contribution in [1.29, 1.82) is 0 Å². The van der Waals surface area contributed by atoms with Crippen LogP contribution in [-0.2, 0) is 4.79 Å². The van der Waals surface area contributed by atoms with Crippen molar-refractivity contribution in [1.82, 2.24) is 29.1 Å². The SMILES string of the molecule is Cc1ccc(-n2nc(C(=O)N3CCN(C)C(=O)C3)cc2-n2cccc2)cn1. The number of aromatic nitrogens is 4. The minimum atomic E-state index is -0.247. The Hall–Kier alpha value is -3.42. The number of rotatable bonds is 3. The molecule has 138 valence electrons. The summed E-state index contributed by atoms with van der Waals surface area (Å²) in [6.07, 6.45) is 5.51. The van der Waals surface area contributed by atoms with E-state index in [2.05, 4.69) is 10.1 Å². The van der Waals surface area contributed by atoms with E-state index in [0.29, 0.717) is 18.8 Å². The molecule has 8 nitrogen and oxygen atoms in total. The first-order valence-corrected chi connectivity index (χ1v) is 8.72. The first kappa shape index (κ1) is 17.0. The van der Waals surface area contributed by atoms with Crippen LogP contribution in [0.25, 0.3) is 11.5 Å². The van der Waals surface area contributed by atoms with Gasteiger partial charge in [0.15, 0.2) is 5.69 Å². The van der Waals surface area contributed by atoms with Crippen molar-refractivity contribution < 1.29 is 9.59 Å². The molecular formula is C19H20N6O2. The zero-order valence-corrected chi connectivity index (χ0v) is 15.2. The van der Waals surface area contributed by atoms with Crippen molar-refractivity contribution >= 4 is 11.8 Å². The fourth-order valence-electron chi connectivity index (χ4n) is 3.02. The Morgan fingerprint density at radius 1 is 1.15 bits per heavy atom. The zero-order chi connectivity index (χ0) is 19.0. The van der Waals surface area contributed by atoms with E-state index in [1.54, 1.807) is 33.8 Å². The van der Waals surface area contributed by atoms with Crippen LogP contribution in [0.5, 0.6) is 0 Å². The third-order valence-corrected chi connectivity index (χ3v) is 4.66. The Balaban J connectivity index is 1.72. The zero-order valence-electron chi connectivity index (χ0n) is 15.2. The average molecular weight is 364 g/mol. The van der Waals surface area contributed by atoms with Crippen LogP contribution < -0.4 is 0 Å². The highest BCUT2D eigenvalue weighted by molar-refractivity contribution is 5.96. The van der Waals surface area contributed by atoms with Crippen LogP contribution in [0.1, 0.15) is 16.2 Å². The summed E-state index contributed by atoms with van der Waals surface area (Å²) < 4.78 is 3.58. The van der Waals surface area contributed by atoms with E-state index < -0.39 is 0 Å². The number of amides is 2. The predicted octanol–water partition coefficient (Wildman–Crippen LogP) is 1.28. The van der Waals surface area contributed by atoms with Gasteiger partial charge in [-0.3, -0.25) is 14.6 Å². The number of carbonyl (C=O) groups is 2. The third-order valence-electron chi connectivity index (χ3n) is 4.66. The molecular weight excluding hydrogens is 344 g/mol. The topological polar surface area (TPSA) is 76.3 Å². The number of hydrogen-bond acceptors (Lipinski definition) is 4. The summed E-state index contributed by atoms with van der Waals surface area (Å²) >= 11 is 0. The molecule has 8 heteroatoms. The maximum Gasteiger partial charge on any atom is 0.274 e. The monoisotopic (exact) mass is 364 g/mol. The van der Waals surface area contributed by atoms with Crippen LogP contribution in [0.3, 0.4) is 0 Å². The first-order valence-electron chi connectivity index (χ1n) is 8.72. The normalized spacial score (nSPS) is 14.7. The minimum Gasteiger partial charge on any atom is -0.342 e. The number of nitrogens with zero attached hydrogens (tertiary/aromatic N) is 6. The molecule has 0 spiro atoms. The van der Waals surface area contributed by atoms with Crippen molar-refractivity contribution in [2.24, 2.45) is 0 Å². The molecule has 0 unspecified atom stereocenters. The smallest absolute Gasteiger partial charge is 0.274 e. The number of aryl methyl sites for hydroxylation is 1. The van der Waals surface area contributed by atoms with Crippen LogP contribution in [0.4, 0.5) is 0 Å². The van der Waals surface area contributed by atoms with Crippen molar-refractivity contribution in [2.45, 2.75) is 6.92 Å². The van der Waals surface area contributed by atoms with Gasteiger partial charge in [-0.15, -0.1) is 0 Å². The maximum atomic E-state index is 12.9. The van der Waals surface area contributed by atoms with E-state index in [4.69, 9.17) is 0 Å². The molecule has 0 radical (unpaired) electrons. The largest absolute Gasteiger partial charge is 0.342 e. The lowest BCUT2D eigenvalue weighted by molar-refractivity contribution is -0.133. The van der Waals surface area contributed by atoms with E-state index in [-0.39, 0.29) is 18.4 Å². The molecule has 3 aromatic heterocycles. The Morgan fingerprint density at radius 2 is 1.93 bits per heavy atom. The maximum absolute atomic E-state index is 12.9. The van der Waals surface area contributed by atoms with Crippen molar-refractivity contribution in [3.05, 3.63) is 60.3 Å². The number of carbonyl (C=O) groups excluding carboxylic acids is 2. The molecule has 1 aliphatic rings. The summed E-state index contributed by atoms with van der Waals surface area (Å²) in [7, 11) is 1.74. The van der Waals surface area contributed by atoms with E-state index in [1.807, 2.05) is 48.1 Å². The summed E-state index contributed by atoms with van der Waals surface area (Å²) in [5.41, 5.74) is 1.97. The highest BCUT2D eigenvalue weighted by Gasteiger charge is 2.28. The van der Waals surface area contributed by atoms with Crippen LogP contribution in [0.2, 0.25) is 0 Å². The molecule has 0 aliphatic carbocycles. The number of pyridine rings is 1. The van der Waals surface area contributed by atoms with Gasteiger partial charge in [0.25, 0.3) is 5.91 Å². The lowest BCUT2D eigenvalue weighted by atomic mass is 10.3. The Kier molecular flexibility index (Phi) is 4.23. The average Bonchev–Trinajstić information content (AvgIpc) is 3.33. The molecule has 0 atom stereocenters. The highest BCUT2D eigenvalue weighted by Crippen LogP contribution is 2.18. The molecule has 1 aliphatic heterocycles. The molecule has 1 fully saturated rings. The van der Waals surface area contributed by atoms with E-state index in [0.717, 1.165) is 17.2 Å². The van der Waals surface area contributed by atoms with Crippen LogP contribution >= 0.6 is 0 Å². The molecule has 0 saturated carbocycles. The van der Waals surface area contributed by atoms with Crippen LogP contribution in [0, 0.1) is 6.92 Å². The van der Waals surface area contributed by atoms with Gasteiger partial charge in [0.05, 0.1) is 11.9 Å².